The highest BCUT2D eigenvalue weighted by atomic mass is 16.2. The molecule has 1 unspecified atom stereocenters. The van der Waals surface area contributed by atoms with Crippen LogP contribution in [0.5, 0.6) is 0 Å². The Hall–Kier alpha value is -2.29. The monoisotopic (exact) mass is 294 g/mol. The molecule has 22 heavy (non-hydrogen) atoms. The van der Waals surface area contributed by atoms with Crippen LogP contribution < -0.4 is 5.32 Å². The minimum absolute atomic E-state index is 0.0550. The van der Waals surface area contributed by atoms with Crippen LogP contribution in [0, 0.1) is 5.92 Å². The smallest absolute Gasteiger partial charge is 0.317 e. The van der Waals surface area contributed by atoms with E-state index in [0.717, 1.165) is 31.5 Å². The van der Waals surface area contributed by atoms with E-state index in [1.165, 1.54) is 5.56 Å². The molecule has 0 aromatic heterocycles. The topological polar surface area (TPSA) is 32.3 Å². The van der Waals surface area contributed by atoms with E-state index >= 15 is 0 Å². The van der Waals surface area contributed by atoms with Gasteiger partial charge in [-0.25, -0.2) is 4.79 Å². The Labute approximate surface area is 132 Å². The molecule has 114 valence electrons. The van der Waals surface area contributed by atoms with Gasteiger partial charge in [-0.2, -0.15) is 0 Å². The van der Waals surface area contributed by atoms with Crippen LogP contribution in [0.4, 0.5) is 4.79 Å². The summed E-state index contributed by atoms with van der Waals surface area (Å²) in [6.07, 6.45) is 2.15. The predicted molar refractivity (Wildman–Crippen MR) is 88.5 cm³/mol. The lowest BCUT2D eigenvalue weighted by Gasteiger charge is -2.17. The van der Waals surface area contributed by atoms with Crippen molar-refractivity contribution in [1.29, 1.82) is 0 Å². The van der Waals surface area contributed by atoms with E-state index < -0.39 is 0 Å². The summed E-state index contributed by atoms with van der Waals surface area (Å²) in [5, 5.41) is 3.01. The second-order valence-electron chi connectivity index (χ2n) is 5.93. The first-order valence-electron chi connectivity index (χ1n) is 7.92. The second kappa shape index (κ2) is 7.12. The number of amides is 2. The van der Waals surface area contributed by atoms with E-state index in [1.54, 1.807) is 0 Å². The molecule has 1 N–H and O–H groups in total. The summed E-state index contributed by atoms with van der Waals surface area (Å²) in [5.74, 6) is 0.574. The van der Waals surface area contributed by atoms with E-state index in [1.807, 2.05) is 41.3 Å². The molecule has 2 aromatic carbocycles. The van der Waals surface area contributed by atoms with Crippen molar-refractivity contribution < 1.29 is 4.79 Å². The summed E-state index contributed by atoms with van der Waals surface area (Å²) in [5.41, 5.74) is 2.50. The zero-order chi connectivity index (χ0) is 15.2. The van der Waals surface area contributed by atoms with E-state index in [-0.39, 0.29) is 6.03 Å². The summed E-state index contributed by atoms with van der Waals surface area (Å²) in [4.78, 5) is 14.2. The standard InChI is InChI=1S/C19H22N2O/c22-19(20-14-17-9-5-2-6-10-17)21-12-11-18(15-21)13-16-7-3-1-4-8-16/h1-10,18H,11-15H2,(H,20,22). The van der Waals surface area contributed by atoms with Crippen molar-refractivity contribution in [3.8, 4) is 0 Å². The lowest BCUT2D eigenvalue weighted by atomic mass is 9.99. The molecule has 3 nitrogen and oxygen atoms in total. The first-order chi connectivity index (χ1) is 10.8. The molecule has 3 rings (SSSR count). The first-order valence-corrected chi connectivity index (χ1v) is 7.92. The Morgan fingerprint density at radius 1 is 1.00 bits per heavy atom. The normalized spacial score (nSPS) is 17.5. The summed E-state index contributed by atoms with van der Waals surface area (Å²) in [7, 11) is 0. The number of nitrogens with zero attached hydrogens (tertiary/aromatic N) is 1. The highest BCUT2D eigenvalue weighted by Crippen LogP contribution is 2.20. The van der Waals surface area contributed by atoms with Gasteiger partial charge < -0.3 is 10.2 Å². The third-order valence-electron chi connectivity index (χ3n) is 4.23. The Kier molecular flexibility index (Phi) is 4.74. The van der Waals surface area contributed by atoms with Gasteiger partial charge in [-0.05, 0) is 29.9 Å². The molecular weight excluding hydrogens is 272 g/mol. The summed E-state index contributed by atoms with van der Waals surface area (Å²) in [6, 6.07) is 20.6. The number of urea groups is 1. The Morgan fingerprint density at radius 2 is 1.64 bits per heavy atom. The minimum atomic E-state index is 0.0550. The fourth-order valence-electron chi connectivity index (χ4n) is 3.02. The van der Waals surface area contributed by atoms with Gasteiger partial charge in [0, 0.05) is 19.6 Å². The number of rotatable bonds is 4. The third-order valence-corrected chi connectivity index (χ3v) is 4.23. The van der Waals surface area contributed by atoms with Crippen molar-refractivity contribution >= 4 is 6.03 Å². The largest absolute Gasteiger partial charge is 0.334 e. The van der Waals surface area contributed by atoms with Crippen molar-refractivity contribution in [1.82, 2.24) is 10.2 Å². The number of hydrogen-bond donors (Lipinski definition) is 1. The number of nitrogens with one attached hydrogen (secondary N) is 1. The van der Waals surface area contributed by atoms with Gasteiger partial charge >= 0.3 is 6.03 Å². The van der Waals surface area contributed by atoms with Gasteiger partial charge in [-0.1, -0.05) is 60.7 Å². The Bertz CT molecular complexity index is 597. The molecule has 1 aliphatic rings. The summed E-state index contributed by atoms with van der Waals surface area (Å²) >= 11 is 0. The molecular formula is C19H22N2O. The van der Waals surface area contributed by atoms with Crippen molar-refractivity contribution in [2.24, 2.45) is 5.92 Å². The van der Waals surface area contributed by atoms with Crippen LogP contribution in [0.3, 0.4) is 0 Å². The predicted octanol–water partition coefficient (Wildman–Crippen LogP) is 3.46. The fourth-order valence-corrected chi connectivity index (χ4v) is 3.02. The summed E-state index contributed by atoms with van der Waals surface area (Å²) in [6.45, 7) is 2.31. The van der Waals surface area contributed by atoms with Gasteiger partial charge in [0.15, 0.2) is 0 Å². The molecule has 0 aliphatic carbocycles. The van der Waals surface area contributed by atoms with Crippen molar-refractivity contribution in [2.45, 2.75) is 19.4 Å². The molecule has 1 aliphatic heterocycles. The fraction of sp³-hybridized carbons (Fsp3) is 0.316. The molecule has 0 radical (unpaired) electrons. The van der Waals surface area contributed by atoms with Gasteiger partial charge in [0.25, 0.3) is 0 Å². The first kappa shape index (κ1) is 14.6. The van der Waals surface area contributed by atoms with Gasteiger partial charge in [0.1, 0.15) is 0 Å². The molecule has 1 heterocycles. The lowest BCUT2D eigenvalue weighted by molar-refractivity contribution is 0.206. The zero-order valence-electron chi connectivity index (χ0n) is 12.7. The molecule has 2 aromatic rings. The Morgan fingerprint density at radius 3 is 2.32 bits per heavy atom. The molecule has 0 bridgehead atoms. The molecule has 1 atom stereocenters. The van der Waals surface area contributed by atoms with Crippen LogP contribution in [-0.2, 0) is 13.0 Å². The van der Waals surface area contributed by atoms with Crippen LogP contribution in [0.2, 0.25) is 0 Å². The summed E-state index contributed by atoms with van der Waals surface area (Å²) < 4.78 is 0. The molecule has 1 saturated heterocycles. The average molecular weight is 294 g/mol. The van der Waals surface area contributed by atoms with E-state index in [4.69, 9.17) is 0 Å². The maximum absolute atomic E-state index is 12.2. The lowest BCUT2D eigenvalue weighted by Crippen LogP contribution is -2.38. The number of hydrogen-bond acceptors (Lipinski definition) is 1. The highest BCUT2D eigenvalue weighted by Gasteiger charge is 2.25. The highest BCUT2D eigenvalue weighted by molar-refractivity contribution is 5.74. The van der Waals surface area contributed by atoms with Gasteiger partial charge in [-0.15, -0.1) is 0 Å². The maximum atomic E-state index is 12.2. The maximum Gasteiger partial charge on any atom is 0.317 e. The Balaban J connectivity index is 1.46. The third kappa shape index (κ3) is 3.88. The number of carbonyl (C=O) groups is 1. The van der Waals surface area contributed by atoms with E-state index in [9.17, 15) is 4.79 Å². The van der Waals surface area contributed by atoms with Gasteiger partial charge in [0.2, 0.25) is 0 Å². The molecule has 0 saturated carbocycles. The second-order valence-corrected chi connectivity index (χ2v) is 5.93. The van der Waals surface area contributed by atoms with Crippen molar-refractivity contribution in [3.05, 3.63) is 71.8 Å². The van der Waals surface area contributed by atoms with Crippen LogP contribution in [-0.4, -0.2) is 24.0 Å². The van der Waals surface area contributed by atoms with Gasteiger partial charge in [0.05, 0.1) is 0 Å². The molecule has 1 fully saturated rings. The van der Waals surface area contributed by atoms with Crippen molar-refractivity contribution in [2.75, 3.05) is 13.1 Å². The van der Waals surface area contributed by atoms with Crippen LogP contribution >= 0.6 is 0 Å². The zero-order valence-corrected chi connectivity index (χ0v) is 12.7. The van der Waals surface area contributed by atoms with Crippen LogP contribution in [0.1, 0.15) is 17.5 Å². The van der Waals surface area contributed by atoms with Crippen molar-refractivity contribution in [3.63, 3.8) is 0 Å². The molecule has 3 heteroatoms. The van der Waals surface area contributed by atoms with Crippen LogP contribution in [0.25, 0.3) is 0 Å². The average Bonchev–Trinajstić information content (AvgIpc) is 3.03. The number of likely N-dealkylation sites (tertiary alicyclic amines) is 1. The number of benzene rings is 2. The number of carbonyl (C=O) groups excluding carboxylic acids is 1. The van der Waals surface area contributed by atoms with Crippen LogP contribution in [0.15, 0.2) is 60.7 Å². The molecule has 2 amide bonds. The SMILES string of the molecule is O=C(NCc1ccccc1)N1CCC(Cc2ccccc2)C1. The van der Waals surface area contributed by atoms with E-state index in [0.29, 0.717) is 12.5 Å². The van der Waals surface area contributed by atoms with E-state index in [2.05, 4.69) is 29.6 Å². The minimum Gasteiger partial charge on any atom is -0.334 e. The quantitative estimate of drug-likeness (QED) is 0.920. The molecule has 0 spiro atoms. The van der Waals surface area contributed by atoms with Gasteiger partial charge in [-0.3, -0.25) is 0 Å².